The van der Waals surface area contributed by atoms with Gasteiger partial charge in [0, 0.05) is 30.2 Å². The van der Waals surface area contributed by atoms with E-state index in [1.165, 1.54) is 11.1 Å². The Morgan fingerprint density at radius 1 is 1.28 bits per heavy atom. The number of fused-ring (bicyclic) bond motifs is 1. The Labute approximate surface area is 142 Å². The van der Waals surface area contributed by atoms with Crippen LogP contribution in [0.5, 0.6) is 0 Å². The number of nitrogens with one attached hydrogen (secondary N) is 2. The second-order valence-electron chi connectivity index (χ2n) is 5.92. The molecule has 8 heteroatoms. The van der Waals surface area contributed by atoms with Gasteiger partial charge < -0.3 is 20.3 Å². The van der Waals surface area contributed by atoms with E-state index in [9.17, 15) is 19.2 Å². The lowest BCUT2D eigenvalue weighted by atomic mass is 10.1. The molecule has 1 aliphatic rings. The summed E-state index contributed by atoms with van der Waals surface area (Å²) in [6.07, 6.45) is 1.72. The molecule has 3 N–H and O–H groups in total. The van der Waals surface area contributed by atoms with Crippen LogP contribution >= 0.6 is 0 Å². The molecule has 25 heavy (non-hydrogen) atoms. The standard InChI is InChI=1S/C17H17N3O5/c21-14(20-6-5-10(9-20)17(24)25)8-19-16(23)12-7-18-13-4-2-1-3-11(13)15(12)22/h1-4,7,10H,5-6,8-9H2,(H,18,22)(H,19,23)(H,24,25). The highest BCUT2D eigenvalue weighted by Crippen LogP contribution is 2.16. The zero-order chi connectivity index (χ0) is 18.0. The molecule has 0 aliphatic carbocycles. The third kappa shape index (κ3) is 3.37. The third-order valence-corrected chi connectivity index (χ3v) is 4.32. The summed E-state index contributed by atoms with van der Waals surface area (Å²) in [6, 6.07) is 6.83. The summed E-state index contributed by atoms with van der Waals surface area (Å²) < 4.78 is 0. The van der Waals surface area contributed by atoms with E-state index in [-0.39, 0.29) is 24.6 Å². The maximum Gasteiger partial charge on any atom is 0.308 e. The van der Waals surface area contributed by atoms with Crippen LogP contribution in [0.3, 0.4) is 0 Å². The summed E-state index contributed by atoms with van der Waals surface area (Å²) >= 11 is 0. The van der Waals surface area contributed by atoms with Crippen molar-refractivity contribution in [3.8, 4) is 0 Å². The van der Waals surface area contributed by atoms with Gasteiger partial charge in [-0.1, -0.05) is 12.1 Å². The molecule has 1 aromatic heterocycles. The Morgan fingerprint density at radius 3 is 2.76 bits per heavy atom. The van der Waals surface area contributed by atoms with Crippen LogP contribution in [0.2, 0.25) is 0 Å². The van der Waals surface area contributed by atoms with Crippen LogP contribution in [0, 0.1) is 5.92 Å². The molecule has 1 aromatic carbocycles. The Kier molecular flexibility index (Phi) is 4.51. The quantitative estimate of drug-likeness (QED) is 0.732. The highest BCUT2D eigenvalue weighted by molar-refractivity contribution is 5.98. The monoisotopic (exact) mass is 343 g/mol. The second-order valence-corrected chi connectivity index (χ2v) is 5.92. The van der Waals surface area contributed by atoms with E-state index in [1.807, 2.05) is 0 Å². The van der Waals surface area contributed by atoms with E-state index in [1.54, 1.807) is 24.3 Å². The average Bonchev–Trinajstić information content (AvgIpc) is 3.10. The van der Waals surface area contributed by atoms with Crippen LogP contribution in [0.25, 0.3) is 10.9 Å². The van der Waals surface area contributed by atoms with Crippen LogP contribution in [0.1, 0.15) is 16.8 Å². The van der Waals surface area contributed by atoms with Crippen molar-refractivity contribution in [1.82, 2.24) is 15.2 Å². The van der Waals surface area contributed by atoms with Crippen LogP contribution in [0.15, 0.2) is 35.3 Å². The number of H-pyrrole nitrogens is 1. The number of pyridine rings is 1. The number of carboxylic acid groups (broad SMARTS) is 1. The van der Waals surface area contributed by atoms with E-state index in [4.69, 9.17) is 5.11 Å². The molecule has 0 radical (unpaired) electrons. The summed E-state index contributed by atoms with van der Waals surface area (Å²) in [5.74, 6) is -2.51. The van der Waals surface area contributed by atoms with Gasteiger partial charge in [0.1, 0.15) is 5.56 Å². The number of rotatable bonds is 4. The lowest BCUT2D eigenvalue weighted by Crippen LogP contribution is -2.40. The molecule has 1 unspecified atom stereocenters. The zero-order valence-corrected chi connectivity index (χ0v) is 13.3. The first-order valence-electron chi connectivity index (χ1n) is 7.86. The maximum absolute atomic E-state index is 12.3. The van der Waals surface area contributed by atoms with Gasteiger partial charge in [-0.3, -0.25) is 19.2 Å². The number of aromatic nitrogens is 1. The molecule has 0 spiro atoms. The predicted octanol–water partition coefficient (Wildman–Crippen LogP) is 0.191. The number of benzene rings is 1. The minimum atomic E-state index is -0.929. The molecule has 1 aliphatic heterocycles. The Morgan fingerprint density at radius 2 is 2.04 bits per heavy atom. The number of para-hydroxylation sites is 1. The molecule has 2 heterocycles. The van der Waals surface area contributed by atoms with Crippen LogP contribution in [-0.2, 0) is 9.59 Å². The van der Waals surface area contributed by atoms with Gasteiger partial charge in [-0.25, -0.2) is 0 Å². The van der Waals surface area contributed by atoms with Crippen molar-refractivity contribution in [1.29, 1.82) is 0 Å². The van der Waals surface area contributed by atoms with Gasteiger partial charge >= 0.3 is 5.97 Å². The van der Waals surface area contributed by atoms with Crippen molar-refractivity contribution in [2.75, 3.05) is 19.6 Å². The van der Waals surface area contributed by atoms with E-state index in [0.29, 0.717) is 23.9 Å². The minimum Gasteiger partial charge on any atom is -0.481 e. The maximum atomic E-state index is 12.3. The number of hydrogen-bond acceptors (Lipinski definition) is 4. The number of aromatic amines is 1. The molecular weight excluding hydrogens is 326 g/mol. The zero-order valence-electron chi connectivity index (χ0n) is 13.3. The molecule has 1 fully saturated rings. The number of carbonyl (C=O) groups is 3. The summed E-state index contributed by atoms with van der Waals surface area (Å²) in [4.78, 5) is 51.8. The summed E-state index contributed by atoms with van der Waals surface area (Å²) in [6.45, 7) is 0.209. The van der Waals surface area contributed by atoms with Crippen molar-refractivity contribution in [2.45, 2.75) is 6.42 Å². The van der Waals surface area contributed by atoms with Gasteiger partial charge in [0.2, 0.25) is 11.3 Å². The average molecular weight is 343 g/mol. The first-order valence-corrected chi connectivity index (χ1v) is 7.86. The number of carboxylic acids is 1. The van der Waals surface area contributed by atoms with Crippen molar-refractivity contribution < 1.29 is 19.5 Å². The molecule has 2 aromatic rings. The molecule has 0 saturated carbocycles. The van der Waals surface area contributed by atoms with E-state index >= 15 is 0 Å². The molecule has 3 rings (SSSR count). The highest BCUT2D eigenvalue weighted by atomic mass is 16.4. The molecule has 0 bridgehead atoms. The predicted molar refractivity (Wildman–Crippen MR) is 89.2 cm³/mol. The topological polar surface area (TPSA) is 120 Å². The van der Waals surface area contributed by atoms with Gasteiger partial charge in [-0.15, -0.1) is 0 Å². The number of hydrogen-bond donors (Lipinski definition) is 3. The fourth-order valence-corrected chi connectivity index (χ4v) is 2.89. The molecule has 8 nitrogen and oxygen atoms in total. The fraction of sp³-hybridized carbons (Fsp3) is 0.294. The van der Waals surface area contributed by atoms with Crippen LogP contribution < -0.4 is 10.7 Å². The summed E-state index contributed by atoms with van der Waals surface area (Å²) in [5, 5.41) is 11.8. The number of carbonyl (C=O) groups excluding carboxylic acids is 2. The van der Waals surface area contributed by atoms with Crippen molar-refractivity contribution in [3.63, 3.8) is 0 Å². The van der Waals surface area contributed by atoms with E-state index in [2.05, 4.69) is 10.3 Å². The number of nitrogens with zero attached hydrogens (tertiary/aromatic N) is 1. The second kappa shape index (κ2) is 6.76. The van der Waals surface area contributed by atoms with Crippen molar-refractivity contribution >= 4 is 28.7 Å². The first-order chi connectivity index (χ1) is 12.0. The number of amides is 2. The third-order valence-electron chi connectivity index (χ3n) is 4.32. The summed E-state index contributed by atoms with van der Waals surface area (Å²) in [7, 11) is 0. The van der Waals surface area contributed by atoms with Gasteiger partial charge in [0.25, 0.3) is 5.91 Å². The van der Waals surface area contributed by atoms with Crippen LogP contribution in [-0.4, -0.2) is 52.4 Å². The molecule has 2 amide bonds. The molecule has 1 atom stereocenters. The summed E-state index contributed by atoms with van der Waals surface area (Å²) in [5.41, 5.74) is 0.139. The highest BCUT2D eigenvalue weighted by Gasteiger charge is 2.30. The fourth-order valence-electron chi connectivity index (χ4n) is 2.89. The molecule has 130 valence electrons. The lowest BCUT2D eigenvalue weighted by Gasteiger charge is -2.16. The largest absolute Gasteiger partial charge is 0.481 e. The Hall–Kier alpha value is -3.16. The van der Waals surface area contributed by atoms with Crippen molar-refractivity contribution in [3.05, 3.63) is 46.2 Å². The Bertz CT molecular complexity index is 905. The first kappa shape index (κ1) is 16.7. The SMILES string of the molecule is O=C(NCC(=O)N1CCC(C(=O)O)C1)c1c[nH]c2ccccc2c1=O. The van der Waals surface area contributed by atoms with Crippen LogP contribution in [0.4, 0.5) is 0 Å². The van der Waals surface area contributed by atoms with Crippen molar-refractivity contribution in [2.24, 2.45) is 5.92 Å². The van der Waals surface area contributed by atoms with E-state index in [0.717, 1.165) is 0 Å². The van der Waals surface area contributed by atoms with Gasteiger partial charge in [-0.2, -0.15) is 0 Å². The minimum absolute atomic E-state index is 0.0728. The number of likely N-dealkylation sites (tertiary alicyclic amines) is 1. The lowest BCUT2D eigenvalue weighted by molar-refractivity contribution is -0.141. The van der Waals surface area contributed by atoms with E-state index < -0.39 is 23.2 Å². The van der Waals surface area contributed by atoms with Gasteiger partial charge in [0.05, 0.1) is 12.5 Å². The smallest absolute Gasteiger partial charge is 0.308 e. The van der Waals surface area contributed by atoms with Gasteiger partial charge in [0.15, 0.2) is 0 Å². The molecular formula is C17H17N3O5. The molecule has 1 saturated heterocycles. The van der Waals surface area contributed by atoms with Gasteiger partial charge in [-0.05, 0) is 18.6 Å². The normalized spacial score (nSPS) is 16.8. The Balaban J connectivity index is 1.65. The number of aliphatic carboxylic acids is 1.